The number of ether oxygens (including phenoxy) is 2. The van der Waals surface area contributed by atoms with Crippen LogP contribution in [-0.2, 0) is 14.9 Å². The van der Waals surface area contributed by atoms with Crippen molar-refractivity contribution in [2.24, 2.45) is 5.92 Å². The number of amides is 1. The predicted molar refractivity (Wildman–Crippen MR) is 129 cm³/mol. The van der Waals surface area contributed by atoms with E-state index in [1.807, 2.05) is 26.0 Å². The van der Waals surface area contributed by atoms with Crippen LogP contribution in [0.25, 0.3) is 0 Å². The van der Waals surface area contributed by atoms with Crippen LogP contribution in [0, 0.1) is 5.92 Å². The molecule has 1 aromatic carbocycles. The SMILES string of the molecule is CCC1(c2cccc(OC(=O)N[C@H](C(=O)OC(C)C)C(C)C)c2)CCCCN(C)C1.S. The number of carbonyl (C=O) groups excluding carboxylic acids is 2. The van der Waals surface area contributed by atoms with Crippen LogP contribution in [0.4, 0.5) is 4.79 Å². The van der Waals surface area contributed by atoms with E-state index in [1.165, 1.54) is 18.4 Å². The van der Waals surface area contributed by atoms with Crippen LogP contribution in [0.3, 0.4) is 0 Å². The van der Waals surface area contributed by atoms with Gasteiger partial charge in [-0.3, -0.25) is 0 Å². The smallest absolute Gasteiger partial charge is 0.413 e. The van der Waals surface area contributed by atoms with E-state index in [0.717, 1.165) is 25.9 Å². The second-order valence-corrected chi connectivity index (χ2v) is 9.10. The molecule has 1 aliphatic heterocycles. The summed E-state index contributed by atoms with van der Waals surface area (Å²) in [6.45, 7) is 11.6. The molecule has 0 aromatic heterocycles. The van der Waals surface area contributed by atoms with Gasteiger partial charge in [-0.25, -0.2) is 9.59 Å². The summed E-state index contributed by atoms with van der Waals surface area (Å²) in [5.74, 6) is -0.0680. The molecule has 0 radical (unpaired) electrons. The van der Waals surface area contributed by atoms with E-state index >= 15 is 0 Å². The zero-order valence-electron chi connectivity index (χ0n) is 19.9. The van der Waals surface area contributed by atoms with Crippen LogP contribution in [0.5, 0.6) is 5.75 Å². The van der Waals surface area contributed by atoms with E-state index in [-0.39, 0.29) is 30.9 Å². The van der Waals surface area contributed by atoms with Crippen LogP contribution >= 0.6 is 13.5 Å². The number of nitrogens with one attached hydrogen (secondary N) is 1. The molecule has 1 saturated heterocycles. The van der Waals surface area contributed by atoms with E-state index in [9.17, 15) is 9.59 Å². The number of nitrogens with zero attached hydrogens (tertiary/aromatic N) is 1. The molecule has 1 heterocycles. The number of benzene rings is 1. The highest BCUT2D eigenvalue weighted by atomic mass is 32.1. The molecule has 6 nitrogen and oxygen atoms in total. The van der Waals surface area contributed by atoms with Gasteiger partial charge in [0, 0.05) is 12.0 Å². The Hall–Kier alpha value is -1.73. The van der Waals surface area contributed by atoms with Gasteiger partial charge in [-0.1, -0.05) is 39.3 Å². The number of likely N-dealkylation sites (N-methyl/N-ethyl adjacent to an activating group) is 1. The maximum atomic E-state index is 12.5. The minimum atomic E-state index is -0.749. The van der Waals surface area contributed by atoms with E-state index < -0.39 is 18.1 Å². The Bertz CT molecular complexity index is 725. The van der Waals surface area contributed by atoms with Crippen molar-refractivity contribution in [3.8, 4) is 5.75 Å². The highest BCUT2D eigenvalue weighted by molar-refractivity contribution is 7.59. The molecule has 1 amide bonds. The first kappa shape index (κ1) is 27.3. The van der Waals surface area contributed by atoms with Crippen LogP contribution in [0.1, 0.15) is 65.9 Å². The van der Waals surface area contributed by atoms with Crippen LogP contribution in [-0.4, -0.2) is 49.2 Å². The molecule has 1 aliphatic rings. The normalized spacial score (nSPS) is 20.5. The molecule has 31 heavy (non-hydrogen) atoms. The fraction of sp³-hybridized carbons (Fsp3) is 0.667. The molecule has 176 valence electrons. The molecular formula is C24H40N2O4S. The van der Waals surface area contributed by atoms with Crippen molar-refractivity contribution in [1.82, 2.24) is 10.2 Å². The standard InChI is InChI=1S/C24H38N2O4.H2S/c1-7-24(13-8-9-14-26(6)16-24)19-11-10-12-20(15-19)30-23(28)25-21(17(2)3)22(27)29-18(4)5;/h10-12,15,17-18,21H,7-9,13-14,16H2,1-6H3,(H,25,28);1H2/t21-,24?;/m0./s1. The minimum Gasteiger partial charge on any atom is -0.461 e. The fourth-order valence-corrected chi connectivity index (χ4v) is 4.20. The predicted octanol–water partition coefficient (Wildman–Crippen LogP) is 4.63. The Morgan fingerprint density at radius 2 is 1.90 bits per heavy atom. The van der Waals surface area contributed by atoms with Crippen molar-refractivity contribution in [2.45, 2.75) is 77.9 Å². The topological polar surface area (TPSA) is 67.9 Å². The number of hydrogen-bond donors (Lipinski definition) is 1. The molecular weight excluding hydrogens is 412 g/mol. The average Bonchev–Trinajstić information content (AvgIpc) is 2.87. The van der Waals surface area contributed by atoms with Gasteiger partial charge >= 0.3 is 12.1 Å². The van der Waals surface area contributed by atoms with Crippen molar-refractivity contribution in [2.75, 3.05) is 20.1 Å². The first-order valence-electron chi connectivity index (χ1n) is 11.1. The Balaban J connectivity index is 0.00000480. The van der Waals surface area contributed by atoms with Gasteiger partial charge in [0.25, 0.3) is 0 Å². The molecule has 0 aliphatic carbocycles. The molecule has 1 unspecified atom stereocenters. The van der Waals surface area contributed by atoms with Gasteiger partial charge in [-0.15, -0.1) is 0 Å². The van der Waals surface area contributed by atoms with Crippen molar-refractivity contribution < 1.29 is 19.1 Å². The Morgan fingerprint density at radius 3 is 2.52 bits per heavy atom. The second-order valence-electron chi connectivity index (χ2n) is 9.10. The van der Waals surface area contributed by atoms with Gasteiger partial charge in [0.15, 0.2) is 0 Å². The molecule has 7 heteroatoms. The first-order chi connectivity index (χ1) is 14.2. The van der Waals surface area contributed by atoms with Crippen molar-refractivity contribution in [3.63, 3.8) is 0 Å². The van der Waals surface area contributed by atoms with Gasteiger partial charge in [0.2, 0.25) is 0 Å². The Morgan fingerprint density at radius 1 is 1.19 bits per heavy atom. The van der Waals surface area contributed by atoms with Gasteiger partial charge < -0.3 is 19.7 Å². The third-order valence-electron chi connectivity index (χ3n) is 5.90. The lowest BCUT2D eigenvalue weighted by Crippen LogP contribution is -2.47. The summed E-state index contributed by atoms with van der Waals surface area (Å²) in [4.78, 5) is 27.2. The number of rotatable bonds is 7. The average molecular weight is 453 g/mol. The summed E-state index contributed by atoms with van der Waals surface area (Å²) in [7, 11) is 2.17. The van der Waals surface area contributed by atoms with E-state index in [1.54, 1.807) is 19.9 Å². The highest BCUT2D eigenvalue weighted by Gasteiger charge is 2.33. The number of likely N-dealkylation sites (tertiary alicyclic amines) is 1. The van der Waals surface area contributed by atoms with Gasteiger partial charge in [0.1, 0.15) is 11.8 Å². The molecule has 2 atom stereocenters. The summed E-state index contributed by atoms with van der Waals surface area (Å²) in [6.07, 6.45) is 3.67. The summed E-state index contributed by atoms with van der Waals surface area (Å²) < 4.78 is 10.8. The van der Waals surface area contributed by atoms with E-state index in [0.29, 0.717) is 5.75 Å². The monoisotopic (exact) mass is 452 g/mol. The second kappa shape index (κ2) is 12.3. The maximum Gasteiger partial charge on any atom is 0.413 e. The number of carbonyl (C=O) groups is 2. The van der Waals surface area contributed by atoms with E-state index in [4.69, 9.17) is 9.47 Å². The van der Waals surface area contributed by atoms with Crippen molar-refractivity contribution in [3.05, 3.63) is 29.8 Å². The zero-order valence-corrected chi connectivity index (χ0v) is 20.9. The summed E-state index contributed by atoms with van der Waals surface area (Å²) in [5.41, 5.74) is 1.26. The molecule has 0 bridgehead atoms. The fourth-order valence-electron chi connectivity index (χ4n) is 4.20. The Kier molecular flexibility index (Phi) is 10.9. The van der Waals surface area contributed by atoms with Crippen molar-refractivity contribution >= 4 is 25.6 Å². The lowest BCUT2D eigenvalue weighted by Gasteiger charge is -2.35. The summed E-state index contributed by atoms with van der Waals surface area (Å²) in [6, 6.07) is 7.07. The summed E-state index contributed by atoms with van der Waals surface area (Å²) >= 11 is 0. The summed E-state index contributed by atoms with van der Waals surface area (Å²) in [5, 5.41) is 2.67. The lowest BCUT2D eigenvalue weighted by atomic mass is 9.74. The van der Waals surface area contributed by atoms with Gasteiger partial charge in [0.05, 0.1) is 6.10 Å². The quantitative estimate of drug-likeness (QED) is 0.611. The molecule has 1 N–H and O–H groups in total. The molecule has 2 rings (SSSR count). The first-order valence-corrected chi connectivity index (χ1v) is 11.1. The molecule has 0 spiro atoms. The largest absolute Gasteiger partial charge is 0.461 e. The van der Waals surface area contributed by atoms with Crippen LogP contribution < -0.4 is 10.1 Å². The lowest BCUT2D eigenvalue weighted by molar-refractivity contribution is -0.150. The minimum absolute atomic E-state index is 0. The van der Waals surface area contributed by atoms with E-state index in [2.05, 4.69) is 30.3 Å². The van der Waals surface area contributed by atoms with Crippen molar-refractivity contribution in [1.29, 1.82) is 0 Å². The van der Waals surface area contributed by atoms with Gasteiger partial charge in [-0.2, -0.15) is 13.5 Å². The highest BCUT2D eigenvalue weighted by Crippen LogP contribution is 2.37. The molecule has 1 aromatic rings. The maximum absolute atomic E-state index is 12.5. The Labute approximate surface area is 194 Å². The number of esters is 1. The third kappa shape index (κ3) is 7.72. The molecule has 0 saturated carbocycles. The zero-order chi connectivity index (χ0) is 22.3. The third-order valence-corrected chi connectivity index (χ3v) is 5.90. The number of hydrogen-bond acceptors (Lipinski definition) is 5. The van der Waals surface area contributed by atoms with Crippen LogP contribution in [0.2, 0.25) is 0 Å². The molecule has 1 fully saturated rings. The van der Waals surface area contributed by atoms with Crippen LogP contribution in [0.15, 0.2) is 24.3 Å². The van der Waals surface area contributed by atoms with Gasteiger partial charge in [-0.05, 0) is 70.3 Å².